The Bertz CT molecular complexity index is 367. The van der Waals surface area contributed by atoms with Crippen molar-refractivity contribution in [2.75, 3.05) is 26.3 Å². The first-order valence-corrected chi connectivity index (χ1v) is 7.12. The topological polar surface area (TPSA) is 34.1 Å². The van der Waals surface area contributed by atoms with Crippen LogP contribution < -0.4 is 5.32 Å². The minimum absolute atomic E-state index is 0.265. The molecule has 98 valence electrons. The summed E-state index contributed by atoms with van der Waals surface area (Å²) in [4.78, 5) is 4.67. The summed E-state index contributed by atoms with van der Waals surface area (Å²) in [6, 6.07) is 6.35. The maximum Gasteiger partial charge on any atom is 0.0475 e. The molecule has 1 aromatic heterocycles. The van der Waals surface area contributed by atoms with Crippen molar-refractivity contribution in [2.45, 2.75) is 31.1 Å². The van der Waals surface area contributed by atoms with Crippen molar-refractivity contribution in [3.05, 3.63) is 30.1 Å². The molecule has 2 saturated heterocycles. The number of piperidine rings is 1. The second-order valence-electron chi connectivity index (χ2n) is 5.51. The van der Waals surface area contributed by atoms with Gasteiger partial charge < -0.3 is 10.1 Å². The van der Waals surface area contributed by atoms with Crippen LogP contribution >= 0.6 is 0 Å². The Balaban J connectivity index is 1.92. The van der Waals surface area contributed by atoms with E-state index in [1.165, 1.54) is 18.5 Å². The molecule has 2 aliphatic heterocycles. The van der Waals surface area contributed by atoms with Gasteiger partial charge >= 0.3 is 0 Å². The standard InChI is InChI=1S/C15H22N2O/c1-2-8-17-14(3-1)15(6-11-18-12-7-15)13-4-9-16-10-5-13/h1-3,8,13,16H,4-7,9-12H2. The van der Waals surface area contributed by atoms with Gasteiger partial charge in [-0.15, -0.1) is 0 Å². The summed E-state index contributed by atoms with van der Waals surface area (Å²) in [5.74, 6) is 0.762. The van der Waals surface area contributed by atoms with Gasteiger partial charge in [-0.3, -0.25) is 4.98 Å². The normalized spacial score (nSPS) is 24.9. The van der Waals surface area contributed by atoms with Crippen LogP contribution in [-0.4, -0.2) is 31.3 Å². The van der Waals surface area contributed by atoms with Crippen LogP contribution in [0.4, 0.5) is 0 Å². The zero-order chi connectivity index (χ0) is 12.3. The van der Waals surface area contributed by atoms with E-state index in [1.807, 2.05) is 12.3 Å². The number of nitrogens with zero attached hydrogens (tertiary/aromatic N) is 1. The third-order valence-corrected chi connectivity index (χ3v) is 4.68. The van der Waals surface area contributed by atoms with Crippen LogP contribution in [0, 0.1) is 5.92 Å². The first-order valence-electron chi connectivity index (χ1n) is 7.12. The monoisotopic (exact) mass is 246 g/mol. The zero-order valence-corrected chi connectivity index (χ0v) is 10.9. The highest BCUT2D eigenvalue weighted by Gasteiger charge is 2.42. The highest BCUT2D eigenvalue weighted by atomic mass is 16.5. The Morgan fingerprint density at radius 1 is 1.17 bits per heavy atom. The molecule has 3 heteroatoms. The number of nitrogens with one attached hydrogen (secondary N) is 1. The van der Waals surface area contributed by atoms with Crippen molar-refractivity contribution in [1.29, 1.82) is 0 Å². The lowest BCUT2D eigenvalue weighted by atomic mass is 9.64. The molecule has 2 aliphatic rings. The molecule has 0 spiro atoms. The predicted octanol–water partition coefficient (Wildman–Crippen LogP) is 2.13. The van der Waals surface area contributed by atoms with E-state index >= 15 is 0 Å². The predicted molar refractivity (Wildman–Crippen MR) is 71.6 cm³/mol. The molecule has 0 amide bonds. The van der Waals surface area contributed by atoms with Gasteiger partial charge in [0.15, 0.2) is 0 Å². The quantitative estimate of drug-likeness (QED) is 0.868. The number of pyridine rings is 1. The number of hydrogen-bond acceptors (Lipinski definition) is 3. The van der Waals surface area contributed by atoms with Crippen molar-refractivity contribution in [2.24, 2.45) is 5.92 Å². The van der Waals surface area contributed by atoms with Crippen LogP contribution in [0.3, 0.4) is 0 Å². The van der Waals surface area contributed by atoms with Gasteiger partial charge in [-0.05, 0) is 56.8 Å². The van der Waals surface area contributed by atoms with Crippen LogP contribution in [-0.2, 0) is 10.2 Å². The Hall–Kier alpha value is -0.930. The van der Waals surface area contributed by atoms with Crippen LogP contribution in [0.15, 0.2) is 24.4 Å². The fourth-order valence-corrected chi connectivity index (χ4v) is 3.64. The molecule has 0 atom stereocenters. The average molecular weight is 246 g/mol. The van der Waals surface area contributed by atoms with E-state index in [1.54, 1.807) is 0 Å². The summed E-state index contributed by atoms with van der Waals surface area (Å²) < 4.78 is 5.59. The van der Waals surface area contributed by atoms with Crippen molar-refractivity contribution in [1.82, 2.24) is 10.3 Å². The first kappa shape index (κ1) is 12.1. The minimum Gasteiger partial charge on any atom is -0.381 e. The van der Waals surface area contributed by atoms with E-state index in [-0.39, 0.29) is 5.41 Å². The van der Waals surface area contributed by atoms with E-state index in [9.17, 15) is 0 Å². The molecule has 0 bridgehead atoms. The Labute approximate surface area is 109 Å². The summed E-state index contributed by atoms with van der Waals surface area (Å²) in [5.41, 5.74) is 1.56. The van der Waals surface area contributed by atoms with Crippen molar-refractivity contribution in [3.8, 4) is 0 Å². The average Bonchev–Trinajstić information content (AvgIpc) is 2.50. The van der Waals surface area contributed by atoms with Crippen LogP contribution in [0.2, 0.25) is 0 Å². The molecule has 2 fully saturated rings. The van der Waals surface area contributed by atoms with Crippen molar-refractivity contribution >= 4 is 0 Å². The second-order valence-corrected chi connectivity index (χ2v) is 5.51. The number of rotatable bonds is 2. The highest BCUT2D eigenvalue weighted by Crippen LogP contribution is 2.44. The minimum atomic E-state index is 0.265. The third kappa shape index (κ3) is 2.17. The number of hydrogen-bond donors (Lipinski definition) is 1. The van der Waals surface area contributed by atoms with E-state index in [2.05, 4.69) is 22.4 Å². The maximum atomic E-state index is 5.59. The lowest BCUT2D eigenvalue weighted by Crippen LogP contribution is -2.45. The summed E-state index contributed by atoms with van der Waals surface area (Å²) in [6.07, 6.45) is 6.75. The summed E-state index contributed by atoms with van der Waals surface area (Å²) >= 11 is 0. The SMILES string of the molecule is c1ccc(C2(C3CCNCC3)CCOCC2)nc1. The summed E-state index contributed by atoms with van der Waals surface area (Å²) in [6.45, 7) is 4.08. The summed E-state index contributed by atoms with van der Waals surface area (Å²) in [7, 11) is 0. The van der Waals surface area contributed by atoms with Gasteiger partial charge in [-0.1, -0.05) is 6.07 Å². The Morgan fingerprint density at radius 2 is 1.94 bits per heavy atom. The second kappa shape index (κ2) is 5.37. The number of aromatic nitrogens is 1. The van der Waals surface area contributed by atoms with Gasteiger partial charge in [0, 0.05) is 30.5 Å². The number of ether oxygens (including phenoxy) is 1. The lowest BCUT2D eigenvalue weighted by Gasteiger charge is -2.45. The molecular formula is C15H22N2O. The molecule has 1 N–H and O–H groups in total. The molecule has 0 aromatic carbocycles. The van der Waals surface area contributed by atoms with Gasteiger partial charge in [-0.2, -0.15) is 0 Å². The van der Waals surface area contributed by atoms with E-state index in [0.717, 1.165) is 45.1 Å². The molecule has 0 unspecified atom stereocenters. The van der Waals surface area contributed by atoms with Crippen molar-refractivity contribution in [3.63, 3.8) is 0 Å². The smallest absolute Gasteiger partial charge is 0.0475 e. The van der Waals surface area contributed by atoms with Crippen LogP contribution in [0.25, 0.3) is 0 Å². The Morgan fingerprint density at radius 3 is 2.61 bits per heavy atom. The van der Waals surface area contributed by atoms with E-state index in [0.29, 0.717) is 0 Å². The molecule has 1 aromatic rings. The molecule has 0 aliphatic carbocycles. The largest absolute Gasteiger partial charge is 0.381 e. The lowest BCUT2D eigenvalue weighted by molar-refractivity contribution is 0.0165. The van der Waals surface area contributed by atoms with Gasteiger partial charge in [0.1, 0.15) is 0 Å². The first-order chi connectivity index (χ1) is 8.92. The van der Waals surface area contributed by atoms with Gasteiger partial charge in [0.25, 0.3) is 0 Å². The highest BCUT2D eigenvalue weighted by molar-refractivity contribution is 5.20. The fourth-order valence-electron chi connectivity index (χ4n) is 3.64. The molecule has 3 nitrogen and oxygen atoms in total. The van der Waals surface area contributed by atoms with E-state index < -0.39 is 0 Å². The molecule has 18 heavy (non-hydrogen) atoms. The van der Waals surface area contributed by atoms with Gasteiger partial charge in [0.05, 0.1) is 0 Å². The van der Waals surface area contributed by atoms with Crippen LogP contribution in [0.1, 0.15) is 31.4 Å². The fraction of sp³-hybridized carbons (Fsp3) is 0.667. The molecule has 3 rings (SSSR count). The zero-order valence-electron chi connectivity index (χ0n) is 10.9. The summed E-state index contributed by atoms with van der Waals surface area (Å²) in [5, 5.41) is 3.47. The molecule has 3 heterocycles. The third-order valence-electron chi connectivity index (χ3n) is 4.68. The van der Waals surface area contributed by atoms with Gasteiger partial charge in [-0.25, -0.2) is 0 Å². The maximum absolute atomic E-state index is 5.59. The molecule has 0 saturated carbocycles. The van der Waals surface area contributed by atoms with E-state index in [4.69, 9.17) is 4.74 Å². The molecule has 0 radical (unpaired) electrons. The Kier molecular flexibility index (Phi) is 3.62. The molecular weight excluding hydrogens is 224 g/mol. The van der Waals surface area contributed by atoms with Crippen molar-refractivity contribution < 1.29 is 4.74 Å². The van der Waals surface area contributed by atoms with Crippen LogP contribution in [0.5, 0.6) is 0 Å². The van der Waals surface area contributed by atoms with Gasteiger partial charge in [0.2, 0.25) is 0 Å².